The smallest absolute Gasteiger partial charge is 0.318 e. The van der Waals surface area contributed by atoms with Gasteiger partial charge in [-0.25, -0.2) is 0 Å². The Balaban J connectivity index is 2.18. The topological polar surface area (TPSA) is 40.5 Å². The lowest BCUT2D eigenvalue weighted by molar-refractivity contribution is -0.142. The van der Waals surface area contributed by atoms with E-state index in [2.05, 4.69) is 25.9 Å². The number of hydrogen-bond acceptors (Lipinski definition) is 2. The molecule has 3 heteroatoms. The van der Waals surface area contributed by atoms with E-state index in [4.69, 9.17) is 0 Å². The SMILES string of the molecule is CC(CCCCCC(C(=O)O)(c1ccccc1)c1ccccc1)N(C)C. The Morgan fingerprint density at radius 2 is 1.42 bits per heavy atom. The molecule has 2 aromatic rings. The minimum atomic E-state index is -0.977. The van der Waals surface area contributed by atoms with Crippen LogP contribution >= 0.6 is 0 Å². The molecule has 26 heavy (non-hydrogen) atoms. The normalized spacial score (nSPS) is 12.9. The van der Waals surface area contributed by atoms with Crippen LogP contribution < -0.4 is 0 Å². The van der Waals surface area contributed by atoms with Gasteiger partial charge in [-0.3, -0.25) is 4.79 Å². The number of nitrogens with zero attached hydrogens (tertiary/aromatic N) is 1. The zero-order valence-corrected chi connectivity index (χ0v) is 16.2. The summed E-state index contributed by atoms with van der Waals surface area (Å²) in [5.41, 5.74) is 0.746. The average Bonchev–Trinajstić information content (AvgIpc) is 2.65. The molecule has 0 amide bonds. The monoisotopic (exact) mass is 353 g/mol. The predicted molar refractivity (Wildman–Crippen MR) is 108 cm³/mol. The molecule has 0 heterocycles. The molecule has 1 atom stereocenters. The summed E-state index contributed by atoms with van der Waals surface area (Å²) >= 11 is 0. The van der Waals surface area contributed by atoms with Gasteiger partial charge in [-0.05, 0) is 45.0 Å². The highest BCUT2D eigenvalue weighted by molar-refractivity contribution is 5.86. The first-order valence-corrected chi connectivity index (χ1v) is 9.49. The summed E-state index contributed by atoms with van der Waals surface area (Å²) in [5, 5.41) is 10.2. The van der Waals surface area contributed by atoms with Crippen LogP contribution in [-0.4, -0.2) is 36.1 Å². The average molecular weight is 354 g/mol. The van der Waals surface area contributed by atoms with Crippen molar-refractivity contribution in [3.05, 3.63) is 71.8 Å². The molecule has 0 aliphatic rings. The van der Waals surface area contributed by atoms with Gasteiger partial charge in [0.25, 0.3) is 0 Å². The van der Waals surface area contributed by atoms with Crippen molar-refractivity contribution in [3.8, 4) is 0 Å². The molecular formula is C23H31NO2. The van der Waals surface area contributed by atoms with Crippen LogP contribution in [0.25, 0.3) is 0 Å². The van der Waals surface area contributed by atoms with Crippen molar-refractivity contribution in [1.29, 1.82) is 0 Å². The third-order valence-corrected chi connectivity index (χ3v) is 5.45. The van der Waals surface area contributed by atoms with Gasteiger partial charge in [-0.1, -0.05) is 79.9 Å². The van der Waals surface area contributed by atoms with Gasteiger partial charge in [-0.15, -0.1) is 0 Å². The van der Waals surface area contributed by atoms with Crippen molar-refractivity contribution in [3.63, 3.8) is 0 Å². The van der Waals surface area contributed by atoms with Crippen LogP contribution in [0.4, 0.5) is 0 Å². The molecule has 0 fully saturated rings. The van der Waals surface area contributed by atoms with E-state index in [0.29, 0.717) is 12.5 Å². The fraction of sp³-hybridized carbons (Fsp3) is 0.435. The van der Waals surface area contributed by atoms with E-state index in [0.717, 1.165) is 36.8 Å². The van der Waals surface area contributed by atoms with Gasteiger partial charge in [0.1, 0.15) is 5.41 Å². The molecule has 0 saturated heterocycles. The highest BCUT2D eigenvalue weighted by atomic mass is 16.4. The summed E-state index contributed by atoms with van der Waals surface area (Å²) in [6.07, 6.45) is 4.83. The van der Waals surface area contributed by atoms with Gasteiger partial charge in [0.2, 0.25) is 0 Å². The first-order valence-electron chi connectivity index (χ1n) is 9.49. The summed E-state index contributed by atoms with van der Waals surface area (Å²) in [5.74, 6) is -0.767. The second-order valence-electron chi connectivity index (χ2n) is 7.35. The summed E-state index contributed by atoms with van der Waals surface area (Å²) in [4.78, 5) is 14.7. The maximum Gasteiger partial charge on any atom is 0.318 e. The van der Waals surface area contributed by atoms with Gasteiger partial charge >= 0.3 is 5.97 Å². The summed E-state index contributed by atoms with van der Waals surface area (Å²) in [7, 11) is 4.20. The van der Waals surface area contributed by atoms with E-state index in [9.17, 15) is 9.90 Å². The molecule has 0 aromatic heterocycles. The number of hydrogen-bond donors (Lipinski definition) is 1. The van der Waals surface area contributed by atoms with Crippen LogP contribution in [0, 0.1) is 0 Å². The Morgan fingerprint density at radius 3 is 1.85 bits per heavy atom. The third kappa shape index (κ3) is 4.73. The second-order valence-corrected chi connectivity index (χ2v) is 7.35. The van der Waals surface area contributed by atoms with E-state index in [1.165, 1.54) is 0 Å². The Kier molecular flexibility index (Phi) is 7.40. The van der Waals surface area contributed by atoms with Crippen LogP contribution in [0.1, 0.15) is 50.2 Å². The Bertz CT molecular complexity index is 628. The highest BCUT2D eigenvalue weighted by Gasteiger charge is 2.41. The molecule has 0 spiro atoms. The minimum absolute atomic E-state index is 0.558. The fourth-order valence-electron chi connectivity index (χ4n) is 3.52. The molecule has 3 nitrogen and oxygen atoms in total. The third-order valence-electron chi connectivity index (χ3n) is 5.45. The molecule has 0 bridgehead atoms. The molecule has 1 N–H and O–H groups in total. The molecule has 140 valence electrons. The number of carbonyl (C=O) groups is 1. The van der Waals surface area contributed by atoms with Gasteiger partial charge < -0.3 is 10.0 Å². The predicted octanol–water partition coefficient (Wildman–Crippen LogP) is 4.96. The fourth-order valence-corrected chi connectivity index (χ4v) is 3.52. The van der Waals surface area contributed by atoms with Crippen LogP contribution in [-0.2, 0) is 10.2 Å². The van der Waals surface area contributed by atoms with E-state index < -0.39 is 11.4 Å². The number of rotatable bonds is 10. The van der Waals surface area contributed by atoms with Gasteiger partial charge in [-0.2, -0.15) is 0 Å². The van der Waals surface area contributed by atoms with Crippen molar-refractivity contribution in [2.75, 3.05) is 14.1 Å². The van der Waals surface area contributed by atoms with Gasteiger partial charge in [0, 0.05) is 6.04 Å². The van der Waals surface area contributed by atoms with E-state index >= 15 is 0 Å². The Labute approximate surface area is 157 Å². The zero-order chi connectivity index (χ0) is 19.0. The molecule has 2 rings (SSSR count). The molecule has 0 radical (unpaired) electrons. The van der Waals surface area contributed by atoms with Crippen LogP contribution in [0.5, 0.6) is 0 Å². The summed E-state index contributed by atoms with van der Waals surface area (Å²) in [6.45, 7) is 2.23. The molecular weight excluding hydrogens is 322 g/mol. The first kappa shape index (κ1) is 20.2. The summed E-state index contributed by atoms with van der Waals surface area (Å²) < 4.78 is 0. The van der Waals surface area contributed by atoms with Gasteiger partial charge in [0.15, 0.2) is 0 Å². The number of aliphatic carboxylic acids is 1. The van der Waals surface area contributed by atoms with E-state index in [1.54, 1.807) is 0 Å². The first-order chi connectivity index (χ1) is 12.5. The van der Waals surface area contributed by atoms with Crippen LogP contribution in [0.2, 0.25) is 0 Å². The number of carboxylic acid groups (broad SMARTS) is 1. The lowest BCUT2D eigenvalue weighted by Crippen LogP contribution is -2.37. The van der Waals surface area contributed by atoms with Crippen molar-refractivity contribution in [2.45, 2.75) is 50.5 Å². The lowest BCUT2D eigenvalue weighted by atomic mass is 9.71. The standard InChI is InChI=1S/C23H31NO2/c1-19(24(2)3)13-7-6-12-18-23(22(25)26,20-14-8-4-9-15-20)21-16-10-5-11-17-21/h4-5,8-11,14-17,19H,6-7,12-13,18H2,1-3H3,(H,25,26). The minimum Gasteiger partial charge on any atom is -0.480 e. The largest absolute Gasteiger partial charge is 0.480 e. The number of unbranched alkanes of at least 4 members (excludes halogenated alkanes) is 2. The maximum absolute atomic E-state index is 12.5. The number of benzene rings is 2. The van der Waals surface area contributed by atoms with Crippen LogP contribution in [0.15, 0.2) is 60.7 Å². The van der Waals surface area contributed by atoms with Crippen LogP contribution in [0.3, 0.4) is 0 Å². The zero-order valence-electron chi connectivity index (χ0n) is 16.2. The van der Waals surface area contributed by atoms with Crippen molar-refractivity contribution in [1.82, 2.24) is 4.90 Å². The van der Waals surface area contributed by atoms with Gasteiger partial charge in [0.05, 0.1) is 0 Å². The molecule has 1 unspecified atom stereocenters. The van der Waals surface area contributed by atoms with Crippen molar-refractivity contribution in [2.24, 2.45) is 0 Å². The quantitative estimate of drug-likeness (QED) is 0.614. The maximum atomic E-state index is 12.5. The second kappa shape index (κ2) is 9.54. The Morgan fingerprint density at radius 1 is 0.923 bits per heavy atom. The molecule has 0 saturated carbocycles. The molecule has 2 aromatic carbocycles. The lowest BCUT2D eigenvalue weighted by Gasteiger charge is -2.31. The number of carboxylic acids is 1. The van der Waals surface area contributed by atoms with E-state index in [-0.39, 0.29) is 0 Å². The van der Waals surface area contributed by atoms with Crippen molar-refractivity contribution >= 4 is 5.97 Å². The van der Waals surface area contributed by atoms with E-state index in [1.807, 2.05) is 60.7 Å². The molecule has 0 aliphatic carbocycles. The highest BCUT2D eigenvalue weighted by Crippen LogP contribution is 2.38. The molecule has 0 aliphatic heterocycles. The van der Waals surface area contributed by atoms with Crippen molar-refractivity contribution < 1.29 is 9.90 Å². The Hall–Kier alpha value is -2.13. The summed E-state index contributed by atoms with van der Waals surface area (Å²) in [6, 6.07) is 19.9.